The average Bonchev–Trinajstić information content (AvgIpc) is 2.97. The molecule has 222 valence electrons. The van der Waals surface area contributed by atoms with E-state index in [1.54, 1.807) is 13.2 Å². The molecule has 5 rings (SSSR count). The lowest BCUT2D eigenvalue weighted by molar-refractivity contribution is -0.154. The maximum Gasteiger partial charge on any atom is 0.311 e. The number of halogens is 1. The van der Waals surface area contributed by atoms with Gasteiger partial charge in [0.05, 0.1) is 30.4 Å². The predicted molar refractivity (Wildman–Crippen MR) is 164 cm³/mol. The minimum absolute atomic E-state index is 0.00118. The van der Waals surface area contributed by atoms with Crippen LogP contribution in [0.1, 0.15) is 28.4 Å². The van der Waals surface area contributed by atoms with Crippen LogP contribution >= 0.6 is 11.6 Å². The SMILES string of the molecule is CCOC(=O)C1CN(Cc2ccc(-c3cccc(-c4cccc(NC(=O)c5ccnn(C)c5=O)c4C)c3Cl)nc2OC)C1. The molecule has 11 heteroatoms. The highest BCUT2D eigenvalue weighted by molar-refractivity contribution is 6.36. The number of pyridine rings is 1. The van der Waals surface area contributed by atoms with Crippen LogP contribution in [-0.4, -0.2) is 58.3 Å². The third-order valence-electron chi connectivity index (χ3n) is 7.50. The number of amides is 1. The molecule has 1 N–H and O–H groups in total. The highest BCUT2D eigenvalue weighted by Gasteiger charge is 2.34. The molecule has 10 nitrogen and oxygen atoms in total. The summed E-state index contributed by atoms with van der Waals surface area (Å²) in [6.07, 6.45) is 1.41. The predicted octanol–water partition coefficient (Wildman–Crippen LogP) is 4.73. The van der Waals surface area contributed by atoms with Crippen LogP contribution in [0.25, 0.3) is 22.4 Å². The minimum Gasteiger partial charge on any atom is -0.481 e. The van der Waals surface area contributed by atoms with Crippen LogP contribution in [0, 0.1) is 12.8 Å². The number of aromatic nitrogens is 3. The number of benzene rings is 2. The van der Waals surface area contributed by atoms with Crippen molar-refractivity contribution in [3.05, 3.63) is 92.9 Å². The summed E-state index contributed by atoms with van der Waals surface area (Å²) in [6, 6.07) is 16.5. The summed E-state index contributed by atoms with van der Waals surface area (Å²) in [5.74, 6) is -0.287. The van der Waals surface area contributed by atoms with Gasteiger partial charge in [0, 0.05) is 55.3 Å². The first-order valence-electron chi connectivity index (χ1n) is 13.9. The number of likely N-dealkylation sites (tertiary alicyclic amines) is 1. The number of carbonyl (C=O) groups excluding carboxylic acids is 2. The number of hydrogen-bond acceptors (Lipinski definition) is 8. The minimum atomic E-state index is -0.519. The number of rotatable bonds is 9. The van der Waals surface area contributed by atoms with Crippen LogP contribution in [0.2, 0.25) is 5.02 Å². The topological polar surface area (TPSA) is 116 Å². The van der Waals surface area contributed by atoms with Crippen LogP contribution in [0.5, 0.6) is 5.88 Å². The van der Waals surface area contributed by atoms with Gasteiger partial charge in [-0.25, -0.2) is 9.67 Å². The Morgan fingerprint density at radius 2 is 1.77 bits per heavy atom. The number of anilines is 1. The van der Waals surface area contributed by atoms with E-state index in [9.17, 15) is 14.4 Å². The van der Waals surface area contributed by atoms with Crippen molar-refractivity contribution < 1.29 is 19.1 Å². The summed E-state index contributed by atoms with van der Waals surface area (Å²) in [5.41, 5.74) is 4.74. The van der Waals surface area contributed by atoms with Gasteiger partial charge in [0.25, 0.3) is 11.5 Å². The molecule has 0 aliphatic carbocycles. The average molecular weight is 602 g/mol. The second kappa shape index (κ2) is 12.8. The molecule has 1 fully saturated rings. The van der Waals surface area contributed by atoms with E-state index in [-0.39, 0.29) is 17.5 Å². The Hall–Kier alpha value is -4.54. The molecule has 1 aliphatic heterocycles. The number of hydrogen-bond donors (Lipinski definition) is 1. The largest absolute Gasteiger partial charge is 0.481 e. The number of methoxy groups -OCH3 is 1. The molecule has 4 aromatic rings. The van der Waals surface area contributed by atoms with Crippen molar-refractivity contribution in [1.82, 2.24) is 19.7 Å². The van der Waals surface area contributed by atoms with Crippen LogP contribution in [0.4, 0.5) is 5.69 Å². The first-order chi connectivity index (χ1) is 20.7. The first kappa shape index (κ1) is 29.9. The van der Waals surface area contributed by atoms with E-state index < -0.39 is 11.5 Å². The van der Waals surface area contributed by atoms with E-state index in [0.29, 0.717) is 48.5 Å². The van der Waals surface area contributed by atoms with Gasteiger partial charge in [-0.2, -0.15) is 5.10 Å². The van der Waals surface area contributed by atoms with E-state index in [1.807, 2.05) is 56.3 Å². The van der Waals surface area contributed by atoms with Gasteiger partial charge in [0.1, 0.15) is 5.56 Å². The summed E-state index contributed by atoms with van der Waals surface area (Å²) in [7, 11) is 3.07. The maximum absolute atomic E-state index is 12.9. The van der Waals surface area contributed by atoms with Gasteiger partial charge >= 0.3 is 5.97 Å². The maximum atomic E-state index is 12.9. The van der Waals surface area contributed by atoms with Crippen molar-refractivity contribution in [1.29, 1.82) is 0 Å². The van der Waals surface area contributed by atoms with E-state index in [2.05, 4.69) is 15.3 Å². The lowest BCUT2D eigenvalue weighted by Crippen LogP contribution is -2.50. The lowest BCUT2D eigenvalue weighted by Gasteiger charge is -2.37. The van der Waals surface area contributed by atoms with Gasteiger partial charge in [0.2, 0.25) is 5.88 Å². The Labute approximate surface area is 254 Å². The molecule has 43 heavy (non-hydrogen) atoms. The molecule has 0 atom stereocenters. The van der Waals surface area contributed by atoms with Crippen LogP contribution < -0.4 is 15.6 Å². The van der Waals surface area contributed by atoms with Crippen molar-refractivity contribution in [2.45, 2.75) is 20.4 Å². The van der Waals surface area contributed by atoms with Gasteiger partial charge in [-0.1, -0.05) is 48.0 Å². The number of ether oxygens (including phenoxy) is 2. The van der Waals surface area contributed by atoms with Crippen LogP contribution in [-0.2, 0) is 23.1 Å². The third kappa shape index (κ3) is 6.16. The number of aryl methyl sites for hydroxylation is 1. The molecule has 1 saturated heterocycles. The smallest absolute Gasteiger partial charge is 0.311 e. The van der Waals surface area contributed by atoms with Crippen LogP contribution in [0.3, 0.4) is 0 Å². The molecule has 3 heterocycles. The summed E-state index contributed by atoms with van der Waals surface area (Å²) in [5, 5.41) is 7.22. The molecule has 0 unspecified atom stereocenters. The molecule has 1 aliphatic rings. The molecule has 0 spiro atoms. The van der Waals surface area contributed by atoms with E-state index in [1.165, 1.54) is 19.3 Å². The Morgan fingerprint density at radius 3 is 2.51 bits per heavy atom. The molecule has 0 radical (unpaired) electrons. The second-order valence-electron chi connectivity index (χ2n) is 10.3. The number of carbonyl (C=O) groups is 2. The zero-order valence-corrected chi connectivity index (χ0v) is 25.1. The van der Waals surface area contributed by atoms with Gasteiger partial charge in [-0.05, 0) is 43.2 Å². The number of esters is 1. The van der Waals surface area contributed by atoms with Gasteiger partial charge in [-0.3, -0.25) is 19.3 Å². The fourth-order valence-corrected chi connectivity index (χ4v) is 5.46. The Balaban J connectivity index is 1.38. The molecule has 2 aromatic heterocycles. The normalized spacial score (nSPS) is 13.3. The quantitative estimate of drug-likeness (QED) is 0.274. The van der Waals surface area contributed by atoms with E-state index in [4.69, 9.17) is 26.1 Å². The monoisotopic (exact) mass is 601 g/mol. The first-order valence-corrected chi connectivity index (χ1v) is 14.2. The molecule has 1 amide bonds. The summed E-state index contributed by atoms with van der Waals surface area (Å²) >= 11 is 6.99. The number of nitrogens with one attached hydrogen (secondary N) is 1. The fraction of sp³-hybridized carbons (Fsp3) is 0.281. The van der Waals surface area contributed by atoms with Gasteiger partial charge in [0.15, 0.2) is 0 Å². The Kier molecular flexibility index (Phi) is 8.89. The highest BCUT2D eigenvalue weighted by atomic mass is 35.5. The van der Waals surface area contributed by atoms with Gasteiger partial charge in [-0.15, -0.1) is 0 Å². The summed E-state index contributed by atoms with van der Waals surface area (Å²) in [4.78, 5) is 44.2. The lowest BCUT2D eigenvalue weighted by atomic mass is 9.96. The Bertz CT molecular complexity index is 1750. The third-order valence-corrected chi connectivity index (χ3v) is 7.91. The molecular formula is C32H32ClN5O5. The van der Waals surface area contributed by atoms with Crippen molar-refractivity contribution in [2.75, 3.05) is 32.1 Å². The van der Waals surface area contributed by atoms with Crippen molar-refractivity contribution in [3.8, 4) is 28.3 Å². The van der Waals surface area contributed by atoms with Crippen molar-refractivity contribution in [3.63, 3.8) is 0 Å². The van der Waals surface area contributed by atoms with Crippen molar-refractivity contribution >= 4 is 29.2 Å². The standard InChI is InChI=1S/C32H32ClN5O5/c1-5-43-32(41)21-17-38(18-21)16-20-12-13-27(36-30(20)42-4)24-10-6-9-23(28(24)33)22-8-7-11-26(19(22)2)35-29(39)25-14-15-34-37(3)31(25)40/h6-15,21H,5,16-18H2,1-4H3,(H,35,39). The van der Waals surface area contributed by atoms with Gasteiger partial charge < -0.3 is 14.8 Å². The van der Waals surface area contributed by atoms with Crippen molar-refractivity contribution in [2.24, 2.45) is 13.0 Å². The molecule has 0 saturated carbocycles. The molecular weight excluding hydrogens is 570 g/mol. The van der Waals surface area contributed by atoms with Crippen LogP contribution in [0.15, 0.2) is 65.6 Å². The number of nitrogens with zero attached hydrogens (tertiary/aromatic N) is 4. The second-order valence-corrected chi connectivity index (χ2v) is 10.7. The van der Waals surface area contributed by atoms with E-state index in [0.717, 1.165) is 32.5 Å². The zero-order chi connectivity index (χ0) is 30.7. The zero-order valence-electron chi connectivity index (χ0n) is 24.4. The van der Waals surface area contributed by atoms with E-state index >= 15 is 0 Å². The molecule has 0 bridgehead atoms. The molecule has 2 aromatic carbocycles. The fourth-order valence-electron chi connectivity index (χ4n) is 5.13. The highest BCUT2D eigenvalue weighted by Crippen LogP contribution is 2.39. The Morgan fingerprint density at radius 1 is 1.05 bits per heavy atom. The summed E-state index contributed by atoms with van der Waals surface area (Å²) in [6.45, 7) is 5.95. The summed E-state index contributed by atoms with van der Waals surface area (Å²) < 4.78 is 11.9.